The predicted octanol–water partition coefficient (Wildman–Crippen LogP) is -0.158. The van der Waals surface area contributed by atoms with Crippen LogP contribution in [0.1, 0.15) is 6.92 Å². The number of nitrogens with zero attached hydrogens (tertiary/aromatic N) is 1. The first kappa shape index (κ1) is 11.2. The van der Waals surface area contributed by atoms with E-state index in [2.05, 4.69) is 27.1 Å². The van der Waals surface area contributed by atoms with Gasteiger partial charge in [0, 0.05) is 12.5 Å². The van der Waals surface area contributed by atoms with E-state index in [1.165, 1.54) is 0 Å². The van der Waals surface area contributed by atoms with E-state index in [1.807, 2.05) is 6.92 Å². The Morgan fingerprint density at radius 2 is 2.50 bits per heavy atom. The lowest BCUT2D eigenvalue weighted by Gasteiger charge is -2.16. The number of hydrogen-bond donors (Lipinski definition) is 3. The highest BCUT2D eigenvalue weighted by molar-refractivity contribution is 7.47. The molecule has 0 aliphatic carbocycles. The summed E-state index contributed by atoms with van der Waals surface area (Å²) in [6.45, 7) is 2.48. The first-order valence-corrected chi connectivity index (χ1v) is 3.94. The number of aliphatic hydroxyl groups is 1. The first-order chi connectivity index (χ1) is 5.72. The zero-order valence-electron chi connectivity index (χ0n) is 6.86. The highest BCUT2D eigenvalue weighted by Crippen LogP contribution is 2.01. The zero-order valence-corrected chi connectivity index (χ0v) is 7.67. The molecule has 2 unspecified atom stereocenters. The molecule has 0 aromatic rings. The van der Waals surface area contributed by atoms with Crippen LogP contribution in [0.5, 0.6) is 0 Å². The molecule has 70 valence electrons. The molecule has 0 spiro atoms. The minimum Gasteiger partial charge on any atom is -0.389 e. The zero-order chi connectivity index (χ0) is 9.40. The Morgan fingerprint density at radius 1 is 1.83 bits per heavy atom. The molecule has 0 radical (unpaired) electrons. The predicted molar refractivity (Wildman–Crippen MR) is 47.7 cm³/mol. The average molecular weight is 191 g/mol. The van der Waals surface area contributed by atoms with Gasteiger partial charge in [0.05, 0.1) is 24.9 Å². The molecule has 0 saturated heterocycles. The lowest BCUT2D eigenvalue weighted by molar-refractivity contribution is 0.0152. The van der Waals surface area contributed by atoms with Gasteiger partial charge < -0.3 is 15.3 Å². The topological polar surface area (TPSA) is 77.7 Å². The van der Waals surface area contributed by atoms with E-state index in [0.29, 0.717) is 6.54 Å². The van der Waals surface area contributed by atoms with Gasteiger partial charge >= 0.3 is 0 Å². The molecule has 3 N–H and O–H groups in total. The van der Waals surface area contributed by atoms with Gasteiger partial charge in [0.2, 0.25) is 0 Å². The van der Waals surface area contributed by atoms with Crippen LogP contribution in [0.4, 0.5) is 0 Å². The summed E-state index contributed by atoms with van der Waals surface area (Å²) < 4.78 is 3.00. The third kappa shape index (κ3) is 4.97. The van der Waals surface area contributed by atoms with Crippen LogP contribution in [0, 0.1) is 11.3 Å². The van der Waals surface area contributed by atoms with Gasteiger partial charge in [0.25, 0.3) is 0 Å². The van der Waals surface area contributed by atoms with E-state index >= 15 is 0 Å². The Bertz CT molecular complexity index is 129. The molecule has 12 heavy (non-hydrogen) atoms. The monoisotopic (exact) mass is 191 g/mol. The van der Waals surface area contributed by atoms with E-state index in [9.17, 15) is 5.11 Å². The number of nitrogens with one attached hydrogen (secondary N) is 2. The van der Waals surface area contributed by atoms with Gasteiger partial charge in [-0.2, -0.15) is 0 Å². The number of rotatable bonds is 7. The Balaban J connectivity index is 3.52. The van der Waals surface area contributed by atoms with Crippen molar-refractivity contribution in [2.75, 3.05) is 13.2 Å². The molecule has 0 heterocycles. The summed E-state index contributed by atoms with van der Waals surface area (Å²) in [5.74, 6) is 0.00310. The second-order valence-corrected chi connectivity index (χ2v) is 2.62. The number of hydrogen-bond acceptors (Lipinski definition) is 5. The lowest BCUT2D eigenvalue weighted by atomic mass is 10.1. The Labute approximate surface area is 76.8 Å². The van der Waals surface area contributed by atoms with Crippen LogP contribution < -0.4 is 5.32 Å². The molecule has 0 aromatic carbocycles. The quantitative estimate of drug-likeness (QED) is 0.297. The van der Waals surface area contributed by atoms with Gasteiger partial charge in [-0.1, -0.05) is 6.92 Å². The van der Waals surface area contributed by atoms with Gasteiger partial charge in [-0.15, -0.1) is 0 Å². The molecular formula is C6H13N3O2S. The van der Waals surface area contributed by atoms with Crippen molar-refractivity contribution in [3.63, 3.8) is 0 Å². The third-order valence-corrected chi connectivity index (χ3v) is 1.60. The smallest absolute Gasteiger partial charge is 0.144 e. The fraction of sp³-hybridized carbons (Fsp3) is 0.833. The molecule has 0 fully saturated rings. The molecule has 0 bridgehead atoms. The molecule has 0 aromatic heterocycles. The molecule has 0 rings (SSSR count). The van der Waals surface area contributed by atoms with Crippen LogP contribution in [-0.2, 0) is 17.3 Å². The molecule has 0 aliphatic rings. The molecule has 0 amide bonds. The molecular weight excluding hydrogens is 178 g/mol. The van der Waals surface area contributed by atoms with Crippen molar-refractivity contribution in [3.05, 3.63) is 0 Å². The molecule has 2 atom stereocenters. The van der Waals surface area contributed by atoms with Crippen molar-refractivity contribution in [1.29, 1.82) is 5.41 Å². The fourth-order valence-corrected chi connectivity index (χ4v) is 0.713. The maximum atomic E-state index is 9.33. The third-order valence-electron chi connectivity index (χ3n) is 1.50. The van der Waals surface area contributed by atoms with Gasteiger partial charge in [-0.3, -0.25) is 5.41 Å². The van der Waals surface area contributed by atoms with Crippen LogP contribution in [0.25, 0.3) is 0 Å². The van der Waals surface area contributed by atoms with Crippen LogP contribution in [0.3, 0.4) is 0 Å². The summed E-state index contributed by atoms with van der Waals surface area (Å²) >= 11 is 4.18. The maximum Gasteiger partial charge on any atom is 0.144 e. The second kappa shape index (κ2) is 6.93. The van der Waals surface area contributed by atoms with Crippen LogP contribution in [0.2, 0.25) is 0 Å². The van der Waals surface area contributed by atoms with Crippen LogP contribution in [-0.4, -0.2) is 30.7 Å². The van der Waals surface area contributed by atoms with Crippen molar-refractivity contribution in [1.82, 2.24) is 5.32 Å². The normalized spacial score (nSPS) is 14.5. The summed E-state index contributed by atoms with van der Waals surface area (Å²) in [4.78, 5) is 4.50. The van der Waals surface area contributed by atoms with Crippen LogP contribution >= 0.6 is 0 Å². The maximum absolute atomic E-state index is 9.33. The molecule has 0 saturated carbocycles. The van der Waals surface area contributed by atoms with Crippen LogP contribution in [0.15, 0.2) is 4.53 Å². The van der Waals surface area contributed by atoms with E-state index in [-0.39, 0.29) is 12.5 Å². The highest BCUT2D eigenvalue weighted by Gasteiger charge is 2.13. The highest BCUT2D eigenvalue weighted by atomic mass is 32.1. The minimum atomic E-state index is -0.607. The van der Waals surface area contributed by atoms with Crippen molar-refractivity contribution >= 4 is 18.8 Å². The minimum absolute atomic E-state index is 0.00310. The Kier molecular flexibility index (Phi) is 6.50. The van der Waals surface area contributed by atoms with E-state index in [1.54, 1.807) is 0 Å². The summed E-state index contributed by atoms with van der Waals surface area (Å²) in [5, 5.41) is 18.7. The average Bonchev–Trinajstić information content (AvgIpc) is 2.10. The van der Waals surface area contributed by atoms with E-state index < -0.39 is 6.10 Å². The summed E-state index contributed by atoms with van der Waals surface area (Å²) in [6, 6.07) is 0. The Hall–Kier alpha value is -0.750. The summed E-state index contributed by atoms with van der Waals surface area (Å²) in [5.41, 5.74) is 0. The largest absolute Gasteiger partial charge is 0.389 e. The van der Waals surface area contributed by atoms with Gasteiger partial charge in [-0.05, 0) is 4.53 Å². The lowest BCUT2D eigenvalue weighted by Crippen LogP contribution is -2.31. The summed E-state index contributed by atoms with van der Waals surface area (Å²) in [7, 11) is 0. The summed E-state index contributed by atoms with van der Waals surface area (Å²) in [6.07, 6.45) is 0.478. The van der Waals surface area contributed by atoms with Gasteiger partial charge in [-0.25, -0.2) is 0 Å². The number of aliphatic hydroxyl groups excluding tert-OH is 1. The van der Waals surface area contributed by atoms with Gasteiger partial charge in [0.15, 0.2) is 0 Å². The van der Waals surface area contributed by atoms with E-state index in [0.717, 1.165) is 6.34 Å². The first-order valence-electron chi connectivity index (χ1n) is 3.57. The molecule has 5 nitrogen and oxygen atoms in total. The van der Waals surface area contributed by atoms with Crippen molar-refractivity contribution in [2.24, 2.45) is 10.4 Å². The molecule has 6 heteroatoms. The van der Waals surface area contributed by atoms with Crippen molar-refractivity contribution in [2.45, 2.75) is 13.0 Å². The van der Waals surface area contributed by atoms with Crippen molar-refractivity contribution < 1.29 is 9.94 Å². The fourth-order valence-electron chi connectivity index (χ4n) is 0.652. The molecule has 0 aliphatic heterocycles. The van der Waals surface area contributed by atoms with Gasteiger partial charge in [0.1, 0.15) is 6.61 Å². The van der Waals surface area contributed by atoms with Crippen molar-refractivity contribution in [3.8, 4) is 0 Å². The van der Waals surface area contributed by atoms with E-state index in [4.69, 9.17) is 5.41 Å². The SMILES string of the molecule is CC(CNC=N)C(O)CON=S. The Morgan fingerprint density at radius 3 is 3.00 bits per heavy atom. The standard InChI is InChI=1S/C6H13N3O2S/c1-5(2-8-4-7)6(10)3-11-9-12/h4-6,10H,2-3H2,1H3,(H2,7,8). The second-order valence-electron chi connectivity index (χ2n) is 2.47.